The summed E-state index contributed by atoms with van der Waals surface area (Å²) in [5.41, 5.74) is -0.461. The average molecular weight is 261 g/mol. The van der Waals surface area contributed by atoms with Crippen LogP contribution >= 0.6 is 0 Å². The number of carbonyl (C=O) groups is 2. The number of hydrogen-bond acceptors (Lipinski definition) is 4. The highest BCUT2D eigenvalue weighted by Crippen LogP contribution is 2.07. The van der Waals surface area contributed by atoms with Crippen molar-refractivity contribution in [3.63, 3.8) is 0 Å². The third kappa shape index (κ3) is 8.81. The van der Waals surface area contributed by atoms with Gasteiger partial charge in [-0.25, -0.2) is 9.59 Å². The Labute approximate surface area is 108 Å². The van der Waals surface area contributed by atoms with Gasteiger partial charge in [-0.05, 0) is 26.7 Å². The van der Waals surface area contributed by atoms with Gasteiger partial charge in [-0.3, -0.25) is 0 Å². The first-order valence-electron chi connectivity index (χ1n) is 5.92. The third-order valence-corrected chi connectivity index (χ3v) is 1.82. The fourth-order valence-corrected chi connectivity index (χ4v) is 0.934. The van der Waals surface area contributed by atoms with Gasteiger partial charge in [0.1, 0.15) is 0 Å². The van der Waals surface area contributed by atoms with Crippen molar-refractivity contribution in [3.05, 3.63) is 0 Å². The maximum Gasteiger partial charge on any atom is 0.407 e. The number of amides is 1. The molecule has 2 N–H and O–H groups in total. The fourth-order valence-electron chi connectivity index (χ4n) is 0.934. The molecular formula is C12H23NO5. The SMILES string of the molecule is CC(C)COC(=O)N[C@H](COC(C)(C)C)C(=O)O. The summed E-state index contributed by atoms with van der Waals surface area (Å²) >= 11 is 0. The minimum atomic E-state index is -1.15. The van der Waals surface area contributed by atoms with Crippen molar-refractivity contribution in [1.29, 1.82) is 0 Å². The maximum atomic E-state index is 11.3. The number of carboxylic acids is 1. The summed E-state index contributed by atoms with van der Waals surface area (Å²) in [6.45, 7) is 9.36. The van der Waals surface area contributed by atoms with Gasteiger partial charge in [0.05, 0.1) is 18.8 Å². The van der Waals surface area contributed by atoms with Gasteiger partial charge < -0.3 is 19.9 Å². The predicted molar refractivity (Wildman–Crippen MR) is 66.5 cm³/mol. The Morgan fingerprint density at radius 3 is 2.17 bits per heavy atom. The smallest absolute Gasteiger partial charge is 0.407 e. The van der Waals surface area contributed by atoms with Crippen LogP contribution in [0, 0.1) is 5.92 Å². The van der Waals surface area contributed by atoms with Gasteiger partial charge >= 0.3 is 12.1 Å². The molecule has 6 nitrogen and oxygen atoms in total. The zero-order chi connectivity index (χ0) is 14.3. The maximum absolute atomic E-state index is 11.3. The zero-order valence-electron chi connectivity index (χ0n) is 11.6. The van der Waals surface area contributed by atoms with Crippen molar-refractivity contribution in [2.24, 2.45) is 5.92 Å². The third-order valence-electron chi connectivity index (χ3n) is 1.82. The molecule has 0 aromatic heterocycles. The molecule has 0 unspecified atom stereocenters. The Bertz CT molecular complexity index is 283. The van der Waals surface area contributed by atoms with E-state index >= 15 is 0 Å². The topological polar surface area (TPSA) is 84.9 Å². The molecule has 0 radical (unpaired) electrons. The molecular weight excluding hydrogens is 238 g/mol. The number of carboxylic acid groups (broad SMARTS) is 1. The molecule has 0 bridgehead atoms. The van der Waals surface area contributed by atoms with E-state index in [-0.39, 0.29) is 19.1 Å². The molecule has 0 aliphatic rings. The Kier molecular flexibility index (Phi) is 6.68. The minimum absolute atomic E-state index is 0.102. The van der Waals surface area contributed by atoms with Gasteiger partial charge in [0.25, 0.3) is 0 Å². The van der Waals surface area contributed by atoms with E-state index in [1.165, 1.54) is 0 Å². The monoisotopic (exact) mass is 261 g/mol. The molecule has 106 valence electrons. The van der Waals surface area contributed by atoms with Crippen LogP contribution in [0.15, 0.2) is 0 Å². The largest absolute Gasteiger partial charge is 0.480 e. The molecule has 6 heteroatoms. The number of ether oxygens (including phenoxy) is 2. The number of hydrogen-bond donors (Lipinski definition) is 2. The first-order valence-corrected chi connectivity index (χ1v) is 5.92. The molecule has 0 aromatic rings. The van der Waals surface area contributed by atoms with E-state index in [1.54, 1.807) is 0 Å². The summed E-state index contributed by atoms with van der Waals surface area (Å²) < 4.78 is 10.2. The van der Waals surface area contributed by atoms with E-state index in [2.05, 4.69) is 5.32 Å². The Balaban J connectivity index is 4.19. The average Bonchev–Trinajstić information content (AvgIpc) is 2.19. The van der Waals surface area contributed by atoms with Crippen LogP contribution in [0.3, 0.4) is 0 Å². The zero-order valence-corrected chi connectivity index (χ0v) is 11.6. The number of nitrogens with one attached hydrogen (secondary N) is 1. The van der Waals surface area contributed by atoms with Gasteiger partial charge in [-0.1, -0.05) is 13.8 Å². The van der Waals surface area contributed by atoms with Crippen molar-refractivity contribution in [1.82, 2.24) is 5.32 Å². The second kappa shape index (κ2) is 7.20. The molecule has 0 fully saturated rings. The molecule has 0 aliphatic carbocycles. The van der Waals surface area contributed by atoms with Crippen molar-refractivity contribution in [2.45, 2.75) is 46.3 Å². The lowest BCUT2D eigenvalue weighted by atomic mass is 10.2. The first kappa shape index (κ1) is 16.7. The van der Waals surface area contributed by atoms with Crippen molar-refractivity contribution >= 4 is 12.1 Å². The highest BCUT2D eigenvalue weighted by atomic mass is 16.6. The number of aliphatic carboxylic acids is 1. The molecule has 0 aromatic carbocycles. The molecule has 0 aliphatic heterocycles. The van der Waals surface area contributed by atoms with Crippen LogP contribution in [0.1, 0.15) is 34.6 Å². The van der Waals surface area contributed by atoms with Gasteiger partial charge in [0.2, 0.25) is 0 Å². The lowest BCUT2D eigenvalue weighted by Gasteiger charge is -2.23. The normalized spacial score (nSPS) is 13.2. The number of alkyl carbamates (subject to hydrolysis) is 1. The van der Waals surface area contributed by atoms with Crippen LogP contribution in [-0.4, -0.2) is 42.0 Å². The van der Waals surface area contributed by atoms with Gasteiger partial charge in [-0.15, -0.1) is 0 Å². The Hall–Kier alpha value is -1.30. The number of rotatable bonds is 6. The summed E-state index contributed by atoms with van der Waals surface area (Å²) in [6.07, 6.45) is -0.742. The molecule has 1 atom stereocenters. The summed E-state index contributed by atoms with van der Waals surface area (Å²) in [5.74, 6) is -0.953. The summed E-state index contributed by atoms with van der Waals surface area (Å²) in [6, 6.07) is -1.11. The van der Waals surface area contributed by atoms with Crippen LogP contribution in [0.5, 0.6) is 0 Å². The molecule has 0 rings (SSSR count). The summed E-state index contributed by atoms with van der Waals surface area (Å²) in [4.78, 5) is 22.3. The van der Waals surface area contributed by atoms with E-state index in [0.717, 1.165) is 0 Å². The second-order valence-corrected chi connectivity index (χ2v) is 5.45. The van der Waals surface area contributed by atoms with Gasteiger partial charge in [0, 0.05) is 0 Å². The summed E-state index contributed by atoms with van der Waals surface area (Å²) in [5, 5.41) is 11.2. The molecule has 0 saturated carbocycles. The van der Waals surface area contributed by atoms with E-state index in [4.69, 9.17) is 14.6 Å². The molecule has 1 amide bonds. The van der Waals surface area contributed by atoms with E-state index < -0.39 is 23.7 Å². The predicted octanol–water partition coefficient (Wildman–Crippen LogP) is 1.64. The molecule has 0 saturated heterocycles. The standard InChI is InChI=1S/C12H23NO5/c1-8(2)6-17-11(16)13-9(10(14)15)7-18-12(3,4)5/h8-9H,6-7H2,1-5H3,(H,13,16)(H,14,15)/t9-/m1/s1. The van der Waals surface area contributed by atoms with E-state index in [1.807, 2.05) is 34.6 Å². The highest BCUT2D eigenvalue weighted by Gasteiger charge is 2.23. The van der Waals surface area contributed by atoms with Crippen LogP contribution in [0.25, 0.3) is 0 Å². The van der Waals surface area contributed by atoms with Crippen molar-refractivity contribution < 1.29 is 24.2 Å². The Morgan fingerprint density at radius 2 is 1.78 bits per heavy atom. The highest BCUT2D eigenvalue weighted by molar-refractivity contribution is 5.79. The van der Waals surface area contributed by atoms with Crippen molar-refractivity contribution in [3.8, 4) is 0 Å². The van der Waals surface area contributed by atoms with Crippen LogP contribution in [0.2, 0.25) is 0 Å². The quantitative estimate of drug-likeness (QED) is 0.759. The lowest BCUT2D eigenvalue weighted by molar-refractivity contribution is -0.142. The van der Waals surface area contributed by atoms with E-state index in [9.17, 15) is 9.59 Å². The van der Waals surface area contributed by atoms with Gasteiger partial charge in [-0.2, -0.15) is 0 Å². The van der Waals surface area contributed by atoms with Crippen molar-refractivity contribution in [2.75, 3.05) is 13.2 Å². The van der Waals surface area contributed by atoms with Crippen LogP contribution in [-0.2, 0) is 14.3 Å². The van der Waals surface area contributed by atoms with Crippen LogP contribution in [0.4, 0.5) is 4.79 Å². The summed E-state index contributed by atoms with van der Waals surface area (Å²) in [7, 11) is 0. The van der Waals surface area contributed by atoms with Crippen LogP contribution < -0.4 is 5.32 Å². The molecule has 0 heterocycles. The first-order chi connectivity index (χ1) is 8.11. The minimum Gasteiger partial charge on any atom is -0.480 e. The van der Waals surface area contributed by atoms with Gasteiger partial charge in [0.15, 0.2) is 6.04 Å². The molecule has 0 spiro atoms. The second-order valence-electron chi connectivity index (χ2n) is 5.45. The Morgan fingerprint density at radius 1 is 1.22 bits per heavy atom. The molecule has 18 heavy (non-hydrogen) atoms. The fraction of sp³-hybridized carbons (Fsp3) is 0.833. The lowest BCUT2D eigenvalue weighted by Crippen LogP contribution is -2.45. The van der Waals surface area contributed by atoms with E-state index in [0.29, 0.717) is 0 Å². The number of carbonyl (C=O) groups excluding carboxylic acids is 1.